The first-order valence-corrected chi connectivity index (χ1v) is 10.9. The number of halogens is 2. The van der Waals surface area contributed by atoms with Gasteiger partial charge in [0.2, 0.25) is 0 Å². The van der Waals surface area contributed by atoms with Crippen molar-refractivity contribution in [1.82, 2.24) is 20.4 Å². The second-order valence-electron chi connectivity index (χ2n) is 7.68. The molecular formula is C22H34ClIN6O2. The van der Waals surface area contributed by atoms with Crippen LogP contribution in [0.25, 0.3) is 0 Å². The van der Waals surface area contributed by atoms with Crippen LogP contribution >= 0.6 is 35.6 Å². The fourth-order valence-corrected chi connectivity index (χ4v) is 4.12. The summed E-state index contributed by atoms with van der Waals surface area (Å²) in [5.74, 6) is 1.62. The largest absolute Gasteiger partial charge is 0.495 e. The lowest BCUT2D eigenvalue weighted by molar-refractivity contribution is 0.182. The second kappa shape index (κ2) is 12.5. The highest BCUT2D eigenvalue weighted by Gasteiger charge is 2.25. The third-order valence-corrected chi connectivity index (χ3v) is 5.94. The van der Waals surface area contributed by atoms with Gasteiger partial charge in [-0.05, 0) is 38.5 Å². The van der Waals surface area contributed by atoms with E-state index in [1.54, 1.807) is 21.3 Å². The van der Waals surface area contributed by atoms with Crippen molar-refractivity contribution in [1.29, 1.82) is 0 Å². The van der Waals surface area contributed by atoms with E-state index in [0.717, 1.165) is 54.8 Å². The molecule has 1 saturated heterocycles. The molecule has 3 rings (SSSR count). The molecular weight excluding hydrogens is 543 g/mol. The zero-order chi connectivity index (χ0) is 22.4. The van der Waals surface area contributed by atoms with E-state index in [1.165, 1.54) is 5.56 Å². The van der Waals surface area contributed by atoms with Crippen molar-refractivity contribution in [2.45, 2.75) is 39.4 Å². The van der Waals surface area contributed by atoms with Crippen molar-refractivity contribution in [3.63, 3.8) is 0 Å². The first-order valence-electron chi connectivity index (χ1n) is 10.5. The summed E-state index contributed by atoms with van der Waals surface area (Å²) in [5, 5.41) is 12.3. The van der Waals surface area contributed by atoms with Crippen molar-refractivity contribution in [3.8, 4) is 5.75 Å². The number of hydrogen-bond acceptors (Lipinski definition) is 5. The molecule has 32 heavy (non-hydrogen) atoms. The molecule has 0 amide bonds. The number of methoxy groups -OCH3 is 2. The zero-order valence-electron chi connectivity index (χ0n) is 19.4. The van der Waals surface area contributed by atoms with Crippen LogP contribution in [0.3, 0.4) is 0 Å². The highest BCUT2D eigenvalue weighted by atomic mass is 127. The number of nitrogens with one attached hydrogen (secondary N) is 2. The first-order chi connectivity index (χ1) is 15.0. The van der Waals surface area contributed by atoms with Crippen LogP contribution in [0.15, 0.2) is 23.2 Å². The maximum Gasteiger partial charge on any atom is 0.191 e. The van der Waals surface area contributed by atoms with Gasteiger partial charge in [0.25, 0.3) is 0 Å². The average molecular weight is 577 g/mol. The predicted octanol–water partition coefficient (Wildman–Crippen LogP) is 3.37. The number of aliphatic imine (C=N–C) groups is 1. The SMILES string of the molecule is CN=C(NCc1c(C)nn(CCOC)c1C)NC1CCN(c2cc(Cl)ccc2OC)C1.I. The van der Waals surface area contributed by atoms with Gasteiger partial charge in [-0.2, -0.15) is 5.10 Å². The van der Waals surface area contributed by atoms with E-state index < -0.39 is 0 Å². The summed E-state index contributed by atoms with van der Waals surface area (Å²) in [6.45, 7) is 7.98. The van der Waals surface area contributed by atoms with Gasteiger partial charge < -0.3 is 25.0 Å². The first kappa shape index (κ1) is 26.5. The monoisotopic (exact) mass is 576 g/mol. The summed E-state index contributed by atoms with van der Waals surface area (Å²) >= 11 is 6.21. The summed E-state index contributed by atoms with van der Waals surface area (Å²) in [6.07, 6.45) is 1.00. The lowest BCUT2D eigenvalue weighted by atomic mass is 10.2. The quantitative estimate of drug-likeness (QED) is 0.285. The van der Waals surface area contributed by atoms with Crippen LogP contribution in [0, 0.1) is 13.8 Å². The molecule has 8 nitrogen and oxygen atoms in total. The van der Waals surface area contributed by atoms with Crippen molar-refractivity contribution in [2.75, 3.05) is 45.9 Å². The lowest BCUT2D eigenvalue weighted by Crippen LogP contribution is -2.44. The van der Waals surface area contributed by atoms with E-state index in [9.17, 15) is 0 Å². The summed E-state index contributed by atoms with van der Waals surface area (Å²) in [5.41, 5.74) is 4.39. The molecule has 1 aromatic heterocycles. The van der Waals surface area contributed by atoms with Crippen LogP contribution in [-0.4, -0.2) is 62.7 Å². The fraction of sp³-hybridized carbons (Fsp3) is 0.545. The Morgan fingerprint density at radius 1 is 1.31 bits per heavy atom. The number of guanidine groups is 1. The maximum absolute atomic E-state index is 6.21. The van der Waals surface area contributed by atoms with Crippen molar-refractivity contribution in [2.24, 2.45) is 4.99 Å². The van der Waals surface area contributed by atoms with Crippen LogP contribution < -0.4 is 20.3 Å². The Kier molecular flexibility index (Phi) is 10.4. The van der Waals surface area contributed by atoms with Gasteiger partial charge >= 0.3 is 0 Å². The molecule has 1 aliphatic rings. The second-order valence-corrected chi connectivity index (χ2v) is 8.12. The van der Waals surface area contributed by atoms with Crippen LogP contribution in [0.4, 0.5) is 5.69 Å². The third-order valence-electron chi connectivity index (χ3n) is 5.71. The normalized spacial score (nSPS) is 16.1. The molecule has 1 fully saturated rings. The molecule has 1 unspecified atom stereocenters. The topological polar surface area (TPSA) is 75.9 Å². The number of anilines is 1. The fourth-order valence-electron chi connectivity index (χ4n) is 3.95. The van der Waals surface area contributed by atoms with Gasteiger partial charge in [0, 0.05) is 56.1 Å². The van der Waals surface area contributed by atoms with E-state index in [1.807, 2.05) is 29.8 Å². The molecule has 0 bridgehead atoms. The summed E-state index contributed by atoms with van der Waals surface area (Å²) in [4.78, 5) is 6.71. The number of aryl methyl sites for hydroxylation is 1. The molecule has 0 aliphatic carbocycles. The van der Waals surface area contributed by atoms with Crippen LogP contribution in [0.5, 0.6) is 5.75 Å². The zero-order valence-corrected chi connectivity index (χ0v) is 22.5. The smallest absolute Gasteiger partial charge is 0.191 e. The van der Waals surface area contributed by atoms with Crippen LogP contribution in [0.2, 0.25) is 5.02 Å². The molecule has 1 aliphatic heterocycles. The molecule has 1 atom stereocenters. The predicted molar refractivity (Wildman–Crippen MR) is 141 cm³/mol. The number of ether oxygens (including phenoxy) is 2. The number of nitrogens with zero attached hydrogens (tertiary/aromatic N) is 4. The molecule has 0 saturated carbocycles. The highest BCUT2D eigenvalue weighted by Crippen LogP contribution is 2.33. The molecule has 10 heteroatoms. The number of aromatic nitrogens is 2. The van der Waals surface area contributed by atoms with E-state index in [2.05, 4.69) is 32.5 Å². The van der Waals surface area contributed by atoms with Gasteiger partial charge in [0.05, 0.1) is 31.6 Å². The van der Waals surface area contributed by atoms with Gasteiger partial charge in [0.15, 0.2) is 5.96 Å². The minimum atomic E-state index is 0. The number of rotatable bonds is 8. The maximum atomic E-state index is 6.21. The molecule has 2 aromatic rings. The third kappa shape index (κ3) is 6.41. The van der Waals surface area contributed by atoms with Gasteiger partial charge in [-0.1, -0.05) is 11.6 Å². The molecule has 2 N–H and O–H groups in total. The van der Waals surface area contributed by atoms with Gasteiger partial charge in [-0.15, -0.1) is 24.0 Å². The van der Waals surface area contributed by atoms with Gasteiger partial charge in [0.1, 0.15) is 5.75 Å². The number of benzene rings is 1. The Bertz CT molecular complexity index is 920. The minimum absolute atomic E-state index is 0. The molecule has 0 spiro atoms. The van der Waals surface area contributed by atoms with E-state index in [4.69, 9.17) is 21.1 Å². The Labute approximate surface area is 212 Å². The number of hydrogen-bond donors (Lipinski definition) is 2. The van der Waals surface area contributed by atoms with Crippen molar-refractivity contribution in [3.05, 3.63) is 40.2 Å². The van der Waals surface area contributed by atoms with Crippen LogP contribution in [-0.2, 0) is 17.8 Å². The molecule has 2 heterocycles. The summed E-state index contributed by atoms with van der Waals surface area (Å²) in [7, 11) is 5.19. The minimum Gasteiger partial charge on any atom is -0.495 e. The van der Waals surface area contributed by atoms with Crippen LogP contribution in [0.1, 0.15) is 23.4 Å². The summed E-state index contributed by atoms with van der Waals surface area (Å²) < 4.78 is 12.7. The molecule has 0 radical (unpaired) electrons. The van der Waals surface area contributed by atoms with E-state index >= 15 is 0 Å². The van der Waals surface area contributed by atoms with Crippen molar-refractivity contribution >= 4 is 47.2 Å². The van der Waals surface area contributed by atoms with Gasteiger partial charge in [-0.25, -0.2) is 0 Å². The van der Waals surface area contributed by atoms with Gasteiger partial charge in [-0.3, -0.25) is 9.67 Å². The Balaban J connectivity index is 0.00000363. The Hall–Kier alpha value is -1.72. The standard InChI is InChI=1S/C22H33ClN6O2.HI/c1-15-19(16(2)29(27-15)10-11-30-4)13-25-22(24-3)26-18-8-9-28(14-18)20-12-17(23)6-7-21(20)31-5;/h6-7,12,18H,8-11,13-14H2,1-5H3,(H2,24,25,26);1H. The molecule has 178 valence electrons. The Morgan fingerprint density at radius 3 is 2.78 bits per heavy atom. The molecule has 1 aromatic carbocycles. The van der Waals surface area contributed by atoms with E-state index in [0.29, 0.717) is 18.2 Å². The summed E-state index contributed by atoms with van der Waals surface area (Å²) in [6, 6.07) is 6.00. The lowest BCUT2D eigenvalue weighted by Gasteiger charge is -2.22. The van der Waals surface area contributed by atoms with E-state index in [-0.39, 0.29) is 30.0 Å². The highest BCUT2D eigenvalue weighted by molar-refractivity contribution is 14.0. The van der Waals surface area contributed by atoms with Crippen molar-refractivity contribution < 1.29 is 9.47 Å². The average Bonchev–Trinajstić information content (AvgIpc) is 3.33. The Morgan fingerprint density at radius 2 is 2.09 bits per heavy atom.